The minimum atomic E-state index is -2.68. The average molecular weight is 459 g/mol. The Hall–Kier alpha value is -0.263. The van der Waals surface area contributed by atoms with E-state index < -0.39 is 25.8 Å². The molecule has 0 saturated heterocycles. The van der Waals surface area contributed by atoms with Crippen LogP contribution in [0.3, 0.4) is 0 Å². The first-order valence-electron chi connectivity index (χ1n) is 12.8. The number of fused-ring (bicyclic) bond motifs is 1. The number of halogens is 2. The number of hydrogen-bond acceptors (Lipinski definition) is 2. The molecule has 2 aliphatic rings. The first-order chi connectivity index (χ1) is 14.4. The number of aliphatic hydroxyl groups is 1. The fourth-order valence-corrected chi connectivity index (χ4v) is 10.1. The molecule has 1 N–H and O–H groups in total. The van der Waals surface area contributed by atoms with Crippen LogP contribution in [0.5, 0.6) is 0 Å². The molecule has 0 aromatic heterocycles. The van der Waals surface area contributed by atoms with E-state index in [1.807, 2.05) is 19.9 Å². The maximum absolute atomic E-state index is 15.6. The van der Waals surface area contributed by atoms with Gasteiger partial charge in [0.1, 0.15) is 0 Å². The number of rotatable bonds is 11. The van der Waals surface area contributed by atoms with Crippen LogP contribution in [0.25, 0.3) is 0 Å². The normalized spacial score (nSPS) is 29.9. The standard InChI is InChI=1S/C26H48F2O2Si/c1-8-31(9-2,10-3)30-24(5,6)17-18-26(27,28)20(4)22-13-14-23-21(15-19-29)12-11-16-25(22,23)7/h15,20,22-23,29H,8-14,16-19H2,1-7H3/b21-15+/t20-,22+,23-,25+/m0/s1. The molecule has 2 aliphatic carbocycles. The minimum absolute atomic E-state index is 0.0364. The first kappa shape index (κ1) is 27.0. The zero-order chi connectivity index (χ0) is 23.5. The van der Waals surface area contributed by atoms with Gasteiger partial charge in [-0.05, 0) is 87.8 Å². The molecule has 5 heteroatoms. The topological polar surface area (TPSA) is 29.5 Å². The average Bonchev–Trinajstić information content (AvgIpc) is 3.08. The van der Waals surface area contributed by atoms with Crippen molar-refractivity contribution in [1.29, 1.82) is 0 Å². The molecule has 0 bridgehead atoms. The Labute approximate surface area is 191 Å². The number of allylic oxidation sites excluding steroid dienone is 1. The number of hydrogen-bond donors (Lipinski definition) is 1. The smallest absolute Gasteiger partial charge is 0.251 e. The van der Waals surface area contributed by atoms with Crippen molar-refractivity contribution in [3.05, 3.63) is 11.6 Å². The molecule has 0 amide bonds. The molecule has 2 rings (SSSR count). The van der Waals surface area contributed by atoms with Gasteiger partial charge in [0.15, 0.2) is 8.32 Å². The Kier molecular flexibility index (Phi) is 9.00. The van der Waals surface area contributed by atoms with Gasteiger partial charge in [-0.1, -0.05) is 46.3 Å². The molecular weight excluding hydrogens is 410 g/mol. The first-order valence-corrected chi connectivity index (χ1v) is 15.3. The van der Waals surface area contributed by atoms with E-state index >= 15 is 8.78 Å². The lowest BCUT2D eigenvalue weighted by atomic mass is 9.60. The van der Waals surface area contributed by atoms with E-state index in [1.54, 1.807) is 6.92 Å². The lowest BCUT2D eigenvalue weighted by molar-refractivity contribution is -0.110. The van der Waals surface area contributed by atoms with E-state index in [0.717, 1.165) is 50.2 Å². The molecule has 2 nitrogen and oxygen atoms in total. The van der Waals surface area contributed by atoms with Gasteiger partial charge in [0.05, 0.1) is 12.2 Å². The summed E-state index contributed by atoms with van der Waals surface area (Å²) < 4.78 is 37.7. The van der Waals surface area contributed by atoms with Crippen molar-refractivity contribution in [2.45, 2.75) is 123 Å². The summed E-state index contributed by atoms with van der Waals surface area (Å²) in [5.74, 6) is -2.91. The second-order valence-electron chi connectivity index (χ2n) is 11.2. The highest BCUT2D eigenvalue weighted by atomic mass is 28.4. The molecule has 0 spiro atoms. The van der Waals surface area contributed by atoms with Crippen LogP contribution < -0.4 is 0 Å². The molecule has 0 heterocycles. The Bertz CT molecular complexity index is 606. The maximum Gasteiger partial charge on any atom is 0.251 e. The maximum atomic E-state index is 15.6. The molecule has 0 aliphatic heterocycles. The van der Waals surface area contributed by atoms with Crippen LogP contribution in [0.4, 0.5) is 8.78 Å². The Morgan fingerprint density at radius 2 is 1.77 bits per heavy atom. The predicted octanol–water partition coefficient (Wildman–Crippen LogP) is 7.97. The SMILES string of the molecule is CC[Si](CC)(CC)OC(C)(C)CCC(F)(F)[C@@H](C)[C@H]1CC[C@H]2/C(=C/CO)CCC[C@]12C. The fraction of sp³-hybridized carbons (Fsp3) is 0.923. The van der Waals surface area contributed by atoms with Crippen LogP contribution in [-0.4, -0.2) is 31.6 Å². The summed E-state index contributed by atoms with van der Waals surface area (Å²) in [6, 6.07) is 3.13. The van der Waals surface area contributed by atoms with E-state index in [-0.39, 0.29) is 24.4 Å². The summed E-state index contributed by atoms with van der Waals surface area (Å²) in [6.07, 6.45) is 7.20. The zero-order valence-corrected chi connectivity index (χ0v) is 22.2. The highest BCUT2D eigenvalue weighted by molar-refractivity contribution is 6.73. The van der Waals surface area contributed by atoms with Gasteiger partial charge in [-0.2, -0.15) is 0 Å². The highest BCUT2D eigenvalue weighted by Crippen LogP contribution is 2.61. The predicted molar refractivity (Wildman–Crippen MR) is 129 cm³/mol. The quantitative estimate of drug-likeness (QED) is 0.251. The second kappa shape index (κ2) is 10.3. The number of aliphatic hydroxyl groups excluding tert-OH is 1. The van der Waals surface area contributed by atoms with Crippen LogP contribution in [0.15, 0.2) is 11.6 Å². The summed E-state index contributed by atoms with van der Waals surface area (Å²) in [5.41, 5.74) is 0.744. The molecule has 0 aromatic rings. The van der Waals surface area contributed by atoms with Gasteiger partial charge in [-0.15, -0.1) is 0 Å². The van der Waals surface area contributed by atoms with Crippen molar-refractivity contribution in [3.8, 4) is 0 Å². The Balaban J connectivity index is 2.09. The molecular formula is C26H48F2O2Si. The summed E-state index contributed by atoms with van der Waals surface area (Å²) >= 11 is 0. The van der Waals surface area contributed by atoms with Gasteiger partial charge in [-0.25, -0.2) is 8.78 Å². The molecule has 0 radical (unpaired) electrons. The van der Waals surface area contributed by atoms with E-state index in [9.17, 15) is 5.11 Å². The van der Waals surface area contributed by atoms with Crippen LogP contribution in [0.2, 0.25) is 18.1 Å². The third-order valence-corrected chi connectivity index (χ3v) is 14.0. The van der Waals surface area contributed by atoms with Crippen LogP contribution in [0.1, 0.15) is 93.4 Å². The molecule has 31 heavy (non-hydrogen) atoms. The van der Waals surface area contributed by atoms with Gasteiger partial charge in [0.25, 0.3) is 5.92 Å². The summed E-state index contributed by atoms with van der Waals surface area (Å²) in [4.78, 5) is 0. The van der Waals surface area contributed by atoms with E-state index in [4.69, 9.17) is 4.43 Å². The lowest BCUT2D eigenvalue weighted by Crippen LogP contribution is -2.46. The van der Waals surface area contributed by atoms with Gasteiger partial charge in [0.2, 0.25) is 0 Å². The molecule has 2 fully saturated rings. The Morgan fingerprint density at radius 1 is 1.16 bits per heavy atom. The highest BCUT2D eigenvalue weighted by Gasteiger charge is 2.55. The molecule has 4 atom stereocenters. The van der Waals surface area contributed by atoms with Crippen molar-refractivity contribution in [3.63, 3.8) is 0 Å². The van der Waals surface area contributed by atoms with Gasteiger partial charge in [0, 0.05) is 12.3 Å². The lowest BCUT2D eigenvalue weighted by Gasteiger charge is -2.46. The third-order valence-electron chi connectivity index (χ3n) is 9.15. The van der Waals surface area contributed by atoms with Crippen molar-refractivity contribution >= 4 is 8.32 Å². The van der Waals surface area contributed by atoms with Crippen LogP contribution >= 0.6 is 0 Å². The summed E-state index contributed by atoms with van der Waals surface area (Å²) in [6.45, 7) is 14.7. The van der Waals surface area contributed by atoms with Crippen molar-refractivity contribution in [2.24, 2.45) is 23.2 Å². The fourth-order valence-electron chi connectivity index (χ4n) is 6.86. The Morgan fingerprint density at radius 3 is 2.32 bits per heavy atom. The molecule has 0 aromatic carbocycles. The van der Waals surface area contributed by atoms with Gasteiger partial charge in [-0.3, -0.25) is 0 Å². The zero-order valence-electron chi connectivity index (χ0n) is 21.2. The van der Waals surface area contributed by atoms with E-state index in [0.29, 0.717) is 12.3 Å². The minimum Gasteiger partial charge on any atom is -0.412 e. The van der Waals surface area contributed by atoms with E-state index in [2.05, 4.69) is 27.7 Å². The van der Waals surface area contributed by atoms with Crippen molar-refractivity contribution in [2.75, 3.05) is 6.61 Å². The van der Waals surface area contributed by atoms with Gasteiger partial charge < -0.3 is 9.53 Å². The van der Waals surface area contributed by atoms with Crippen molar-refractivity contribution in [1.82, 2.24) is 0 Å². The molecule has 2 saturated carbocycles. The summed E-state index contributed by atoms with van der Waals surface area (Å²) in [5, 5.41) is 9.40. The van der Waals surface area contributed by atoms with Crippen LogP contribution in [0, 0.1) is 23.2 Å². The van der Waals surface area contributed by atoms with E-state index in [1.165, 1.54) is 5.57 Å². The monoisotopic (exact) mass is 458 g/mol. The van der Waals surface area contributed by atoms with Crippen molar-refractivity contribution < 1.29 is 18.3 Å². The second-order valence-corrected chi connectivity index (χ2v) is 15.9. The third kappa shape index (κ3) is 5.81. The molecule has 182 valence electrons. The number of alkyl halides is 2. The van der Waals surface area contributed by atoms with Gasteiger partial charge >= 0.3 is 0 Å². The summed E-state index contributed by atoms with van der Waals surface area (Å²) in [7, 11) is -1.82. The van der Waals surface area contributed by atoms with Crippen LogP contribution in [-0.2, 0) is 4.43 Å². The largest absolute Gasteiger partial charge is 0.412 e. The molecule has 0 unspecified atom stereocenters.